The first-order valence-corrected chi connectivity index (χ1v) is 6.30. The number of amides is 2. The van der Waals surface area contributed by atoms with Crippen LogP contribution in [-0.2, 0) is 0 Å². The van der Waals surface area contributed by atoms with Crippen LogP contribution in [0.4, 0.5) is 16.2 Å². The first-order valence-electron chi connectivity index (χ1n) is 5.51. The van der Waals surface area contributed by atoms with Crippen LogP contribution in [0.15, 0.2) is 53.0 Å². The van der Waals surface area contributed by atoms with Crippen LogP contribution in [0.3, 0.4) is 0 Å². The van der Waals surface area contributed by atoms with E-state index in [9.17, 15) is 4.79 Å². The Morgan fingerprint density at radius 1 is 1.05 bits per heavy atom. The Balaban J connectivity index is 1.99. The lowest BCUT2D eigenvalue weighted by molar-refractivity contribution is 0.262. The second-order valence-corrected chi connectivity index (χ2v) is 4.69. The summed E-state index contributed by atoms with van der Waals surface area (Å²) in [6.45, 7) is 0. The summed E-state index contributed by atoms with van der Waals surface area (Å²) in [4.78, 5) is 11.7. The summed E-state index contributed by atoms with van der Waals surface area (Å²) in [5, 5.41) is 14.1. The molecule has 2 N–H and O–H groups in total. The number of nitriles is 1. The standard InChI is InChI=1S/C14H10BrN3O/c15-11-2-1-3-13(8-11)18-14(19)17-12-6-4-10(9-16)5-7-12/h1-8H,(H2,17,18,19). The molecule has 0 aliphatic heterocycles. The molecular weight excluding hydrogens is 306 g/mol. The fourth-order valence-corrected chi connectivity index (χ4v) is 1.89. The predicted octanol–water partition coefficient (Wildman–Crippen LogP) is 3.96. The van der Waals surface area contributed by atoms with Gasteiger partial charge in [-0.25, -0.2) is 4.79 Å². The topological polar surface area (TPSA) is 64.9 Å². The van der Waals surface area contributed by atoms with Gasteiger partial charge in [0.1, 0.15) is 0 Å². The van der Waals surface area contributed by atoms with E-state index < -0.39 is 0 Å². The zero-order valence-corrected chi connectivity index (χ0v) is 11.4. The highest BCUT2D eigenvalue weighted by atomic mass is 79.9. The van der Waals surface area contributed by atoms with Gasteiger partial charge in [0.15, 0.2) is 0 Å². The average molecular weight is 316 g/mol. The van der Waals surface area contributed by atoms with Crippen molar-refractivity contribution in [2.24, 2.45) is 0 Å². The Bertz CT molecular complexity index is 632. The number of anilines is 2. The van der Waals surface area contributed by atoms with Crippen molar-refractivity contribution in [1.29, 1.82) is 5.26 Å². The van der Waals surface area contributed by atoms with Crippen molar-refractivity contribution in [3.63, 3.8) is 0 Å². The molecule has 0 saturated heterocycles. The molecule has 0 heterocycles. The van der Waals surface area contributed by atoms with Gasteiger partial charge < -0.3 is 10.6 Å². The fourth-order valence-electron chi connectivity index (χ4n) is 1.49. The van der Waals surface area contributed by atoms with Crippen LogP contribution >= 0.6 is 15.9 Å². The number of hydrogen-bond donors (Lipinski definition) is 2. The van der Waals surface area contributed by atoms with Crippen LogP contribution in [0.25, 0.3) is 0 Å². The largest absolute Gasteiger partial charge is 0.323 e. The monoisotopic (exact) mass is 315 g/mol. The summed E-state index contributed by atoms with van der Waals surface area (Å²) in [5.41, 5.74) is 1.88. The molecule has 2 aromatic carbocycles. The summed E-state index contributed by atoms with van der Waals surface area (Å²) >= 11 is 3.33. The van der Waals surface area contributed by atoms with Gasteiger partial charge in [-0.05, 0) is 42.5 Å². The number of carbonyl (C=O) groups is 1. The highest BCUT2D eigenvalue weighted by Gasteiger charge is 2.02. The zero-order valence-electron chi connectivity index (χ0n) is 9.85. The number of benzene rings is 2. The molecule has 0 fully saturated rings. The molecule has 0 aliphatic carbocycles. The lowest BCUT2D eigenvalue weighted by Gasteiger charge is -2.07. The molecule has 5 heteroatoms. The molecule has 0 unspecified atom stereocenters. The normalized spacial score (nSPS) is 9.47. The van der Waals surface area contributed by atoms with Crippen molar-refractivity contribution in [1.82, 2.24) is 0 Å². The number of hydrogen-bond acceptors (Lipinski definition) is 2. The number of urea groups is 1. The number of nitrogens with zero attached hydrogens (tertiary/aromatic N) is 1. The van der Waals surface area contributed by atoms with Crippen LogP contribution in [-0.4, -0.2) is 6.03 Å². The summed E-state index contributed by atoms with van der Waals surface area (Å²) < 4.78 is 0.892. The van der Waals surface area contributed by atoms with E-state index in [0.29, 0.717) is 16.9 Å². The van der Waals surface area contributed by atoms with Gasteiger partial charge in [0, 0.05) is 15.8 Å². The van der Waals surface area contributed by atoms with Crippen LogP contribution in [0.5, 0.6) is 0 Å². The van der Waals surface area contributed by atoms with Gasteiger partial charge in [-0.3, -0.25) is 0 Å². The van der Waals surface area contributed by atoms with Crippen molar-refractivity contribution in [2.45, 2.75) is 0 Å². The summed E-state index contributed by atoms with van der Waals surface area (Å²) in [6.07, 6.45) is 0. The molecule has 4 nitrogen and oxygen atoms in total. The van der Waals surface area contributed by atoms with Crippen molar-refractivity contribution in [2.75, 3.05) is 10.6 Å². The summed E-state index contributed by atoms with van der Waals surface area (Å²) in [6, 6.07) is 15.7. The number of carbonyl (C=O) groups excluding carboxylic acids is 1. The molecule has 0 saturated carbocycles. The quantitative estimate of drug-likeness (QED) is 0.880. The van der Waals surface area contributed by atoms with Gasteiger partial charge in [0.05, 0.1) is 11.6 Å². The maximum atomic E-state index is 11.7. The first kappa shape index (κ1) is 13.1. The number of rotatable bonds is 2. The minimum Gasteiger partial charge on any atom is -0.308 e. The maximum Gasteiger partial charge on any atom is 0.323 e. The molecular formula is C14H10BrN3O. The molecule has 0 spiro atoms. The van der Waals surface area contributed by atoms with E-state index in [4.69, 9.17) is 5.26 Å². The van der Waals surface area contributed by atoms with Gasteiger partial charge >= 0.3 is 6.03 Å². The number of halogens is 1. The molecule has 94 valence electrons. The Kier molecular flexibility index (Phi) is 4.16. The van der Waals surface area contributed by atoms with E-state index in [1.165, 1.54) is 0 Å². The summed E-state index contributed by atoms with van der Waals surface area (Å²) in [7, 11) is 0. The van der Waals surface area contributed by atoms with E-state index in [2.05, 4.69) is 26.6 Å². The highest BCUT2D eigenvalue weighted by molar-refractivity contribution is 9.10. The molecule has 0 atom stereocenters. The molecule has 2 aromatic rings. The average Bonchev–Trinajstić information content (AvgIpc) is 2.39. The Hall–Kier alpha value is -2.32. The van der Waals surface area contributed by atoms with Crippen LogP contribution in [0.2, 0.25) is 0 Å². The van der Waals surface area contributed by atoms with Crippen molar-refractivity contribution >= 4 is 33.3 Å². The molecule has 0 bridgehead atoms. The summed E-state index contributed by atoms with van der Waals surface area (Å²) in [5.74, 6) is 0. The third-order valence-corrected chi connectivity index (χ3v) is 2.85. The lowest BCUT2D eigenvalue weighted by atomic mass is 10.2. The van der Waals surface area contributed by atoms with Gasteiger partial charge in [-0.1, -0.05) is 22.0 Å². The third-order valence-electron chi connectivity index (χ3n) is 2.35. The molecule has 2 amide bonds. The Morgan fingerprint density at radius 2 is 1.74 bits per heavy atom. The van der Waals surface area contributed by atoms with E-state index in [1.807, 2.05) is 18.2 Å². The van der Waals surface area contributed by atoms with E-state index >= 15 is 0 Å². The van der Waals surface area contributed by atoms with Gasteiger partial charge in [-0.2, -0.15) is 5.26 Å². The highest BCUT2D eigenvalue weighted by Crippen LogP contribution is 2.16. The molecule has 0 radical (unpaired) electrons. The first-order chi connectivity index (χ1) is 9.17. The van der Waals surface area contributed by atoms with Gasteiger partial charge in [0.2, 0.25) is 0 Å². The van der Waals surface area contributed by atoms with E-state index in [0.717, 1.165) is 4.47 Å². The van der Waals surface area contributed by atoms with E-state index in [1.54, 1.807) is 36.4 Å². The molecule has 19 heavy (non-hydrogen) atoms. The molecule has 2 rings (SSSR count). The fraction of sp³-hybridized carbons (Fsp3) is 0. The Labute approximate surface area is 119 Å². The molecule has 0 aromatic heterocycles. The third kappa shape index (κ3) is 3.83. The Morgan fingerprint density at radius 3 is 2.37 bits per heavy atom. The predicted molar refractivity (Wildman–Crippen MR) is 77.9 cm³/mol. The zero-order chi connectivity index (χ0) is 13.7. The van der Waals surface area contributed by atoms with Crippen LogP contribution in [0, 0.1) is 11.3 Å². The SMILES string of the molecule is N#Cc1ccc(NC(=O)Nc2cccc(Br)c2)cc1. The number of nitrogens with one attached hydrogen (secondary N) is 2. The van der Waals surface area contributed by atoms with Crippen molar-refractivity contribution < 1.29 is 4.79 Å². The minimum absolute atomic E-state index is 0.331. The van der Waals surface area contributed by atoms with Crippen LogP contribution in [0.1, 0.15) is 5.56 Å². The van der Waals surface area contributed by atoms with Crippen molar-refractivity contribution in [3.05, 3.63) is 58.6 Å². The molecule has 0 aliphatic rings. The second-order valence-electron chi connectivity index (χ2n) is 3.78. The van der Waals surface area contributed by atoms with Gasteiger partial charge in [0.25, 0.3) is 0 Å². The second kappa shape index (κ2) is 6.03. The lowest BCUT2D eigenvalue weighted by Crippen LogP contribution is -2.19. The smallest absolute Gasteiger partial charge is 0.308 e. The van der Waals surface area contributed by atoms with Crippen LogP contribution < -0.4 is 10.6 Å². The van der Waals surface area contributed by atoms with E-state index in [-0.39, 0.29) is 6.03 Å². The minimum atomic E-state index is -0.331. The maximum absolute atomic E-state index is 11.7. The van der Waals surface area contributed by atoms with Crippen molar-refractivity contribution in [3.8, 4) is 6.07 Å². The van der Waals surface area contributed by atoms with Gasteiger partial charge in [-0.15, -0.1) is 0 Å².